The predicted octanol–water partition coefficient (Wildman–Crippen LogP) is 1.37. The molecule has 96 valence electrons. The Labute approximate surface area is 111 Å². The number of hydrogen-bond donors (Lipinski definition) is 1. The maximum atomic E-state index is 12.5. The van der Waals surface area contributed by atoms with Gasteiger partial charge in [-0.25, -0.2) is 0 Å². The molecule has 1 aromatic carbocycles. The summed E-state index contributed by atoms with van der Waals surface area (Å²) in [5.74, 6) is -0.154. The molecule has 1 aromatic rings. The molecule has 1 unspecified atom stereocenters. The standard InChI is InChI=1S/C13H16N2O2S/c1-9-12(16)14-7-8-15(9)13(17)10-5-3-4-6-11(10)18-2/h3-6,9H,7-8H2,1-2H3,(H,14,16). The molecule has 0 aromatic heterocycles. The van der Waals surface area contributed by atoms with Gasteiger partial charge >= 0.3 is 0 Å². The summed E-state index contributed by atoms with van der Waals surface area (Å²) in [6.45, 7) is 2.85. The van der Waals surface area contributed by atoms with Crippen molar-refractivity contribution in [1.29, 1.82) is 0 Å². The van der Waals surface area contributed by atoms with Crippen molar-refractivity contribution < 1.29 is 9.59 Å². The number of hydrogen-bond acceptors (Lipinski definition) is 3. The Morgan fingerprint density at radius 3 is 2.89 bits per heavy atom. The molecule has 1 aliphatic rings. The molecule has 2 amide bonds. The number of thioether (sulfide) groups is 1. The van der Waals surface area contributed by atoms with Gasteiger partial charge in [-0.2, -0.15) is 0 Å². The summed E-state index contributed by atoms with van der Waals surface area (Å²) < 4.78 is 0. The molecule has 0 radical (unpaired) electrons. The lowest BCUT2D eigenvalue weighted by Crippen LogP contribution is -2.55. The predicted molar refractivity (Wildman–Crippen MR) is 71.7 cm³/mol. The summed E-state index contributed by atoms with van der Waals surface area (Å²) in [5.41, 5.74) is 0.673. The summed E-state index contributed by atoms with van der Waals surface area (Å²) in [4.78, 5) is 26.6. The van der Waals surface area contributed by atoms with Gasteiger partial charge in [0.15, 0.2) is 0 Å². The number of carbonyl (C=O) groups excluding carboxylic acids is 2. The van der Waals surface area contributed by atoms with E-state index in [1.54, 1.807) is 23.6 Å². The highest BCUT2D eigenvalue weighted by atomic mass is 32.2. The number of piperazine rings is 1. The van der Waals surface area contributed by atoms with Crippen LogP contribution in [0.3, 0.4) is 0 Å². The van der Waals surface area contributed by atoms with Crippen LogP contribution in [0.2, 0.25) is 0 Å². The van der Waals surface area contributed by atoms with Crippen LogP contribution in [0.4, 0.5) is 0 Å². The van der Waals surface area contributed by atoms with Crippen molar-refractivity contribution in [2.75, 3.05) is 19.3 Å². The molecule has 1 atom stereocenters. The zero-order valence-electron chi connectivity index (χ0n) is 10.5. The van der Waals surface area contributed by atoms with E-state index in [-0.39, 0.29) is 11.8 Å². The monoisotopic (exact) mass is 264 g/mol. The third-order valence-corrected chi connectivity index (χ3v) is 3.89. The minimum absolute atomic E-state index is 0.0673. The minimum atomic E-state index is -0.402. The molecule has 0 saturated carbocycles. The van der Waals surface area contributed by atoms with E-state index in [4.69, 9.17) is 0 Å². The number of amides is 2. The Hall–Kier alpha value is -1.49. The fourth-order valence-electron chi connectivity index (χ4n) is 2.04. The average Bonchev–Trinajstić information content (AvgIpc) is 2.41. The molecule has 0 bridgehead atoms. The summed E-state index contributed by atoms with van der Waals surface area (Å²) in [6.07, 6.45) is 1.94. The summed E-state index contributed by atoms with van der Waals surface area (Å²) in [5, 5.41) is 2.76. The van der Waals surface area contributed by atoms with E-state index in [1.165, 1.54) is 0 Å². The van der Waals surface area contributed by atoms with Gasteiger partial charge in [0.2, 0.25) is 5.91 Å². The van der Waals surface area contributed by atoms with Crippen LogP contribution in [0.15, 0.2) is 29.2 Å². The minimum Gasteiger partial charge on any atom is -0.353 e. The van der Waals surface area contributed by atoms with Gasteiger partial charge in [0.25, 0.3) is 5.91 Å². The summed E-state index contributed by atoms with van der Waals surface area (Å²) in [6, 6.07) is 7.09. The van der Waals surface area contributed by atoms with E-state index < -0.39 is 6.04 Å². The van der Waals surface area contributed by atoms with E-state index in [9.17, 15) is 9.59 Å². The summed E-state index contributed by atoms with van der Waals surface area (Å²) >= 11 is 1.54. The Kier molecular flexibility index (Phi) is 3.91. The molecular weight excluding hydrogens is 248 g/mol. The molecule has 0 spiro atoms. The van der Waals surface area contributed by atoms with Crippen LogP contribution in [0, 0.1) is 0 Å². The van der Waals surface area contributed by atoms with E-state index in [1.807, 2.05) is 30.5 Å². The van der Waals surface area contributed by atoms with Crippen LogP contribution in [-0.2, 0) is 4.79 Å². The fraction of sp³-hybridized carbons (Fsp3) is 0.385. The van der Waals surface area contributed by atoms with E-state index >= 15 is 0 Å². The van der Waals surface area contributed by atoms with Gasteiger partial charge in [0.1, 0.15) is 6.04 Å². The van der Waals surface area contributed by atoms with Crippen molar-refractivity contribution >= 4 is 23.6 Å². The Balaban J connectivity index is 2.27. The highest BCUT2D eigenvalue weighted by Gasteiger charge is 2.30. The SMILES string of the molecule is CSc1ccccc1C(=O)N1CCNC(=O)C1C. The van der Waals surface area contributed by atoms with Gasteiger partial charge in [-0.3, -0.25) is 9.59 Å². The van der Waals surface area contributed by atoms with Gasteiger partial charge in [-0.1, -0.05) is 12.1 Å². The second kappa shape index (κ2) is 5.44. The summed E-state index contributed by atoms with van der Waals surface area (Å²) in [7, 11) is 0. The maximum absolute atomic E-state index is 12.5. The maximum Gasteiger partial charge on any atom is 0.255 e. The largest absolute Gasteiger partial charge is 0.353 e. The lowest BCUT2D eigenvalue weighted by Gasteiger charge is -2.33. The van der Waals surface area contributed by atoms with Crippen molar-refractivity contribution in [3.8, 4) is 0 Å². The lowest BCUT2D eigenvalue weighted by molar-refractivity contribution is -0.127. The Morgan fingerprint density at radius 1 is 1.44 bits per heavy atom. The van der Waals surface area contributed by atoms with Crippen LogP contribution in [0.1, 0.15) is 17.3 Å². The van der Waals surface area contributed by atoms with Crippen molar-refractivity contribution in [2.45, 2.75) is 17.9 Å². The molecule has 5 heteroatoms. The first kappa shape index (κ1) is 13.0. The zero-order chi connectivity index (χ0) is 13.1. The normalized spacial score (nSPS) is 19.6. The molecule has 2 rings (SSSR count). The van der Waals surface area contributed by atoms with Crippen LogP contribution in [-0.4, -0.2) is 42.1 Å². The molecule has 1 heterocycles. The first-order chi connectivity index (χ1) is 8.65. The first-order valence-corrected chi connectivity index (χ1v) is 7.09. The highest BCUT2D eigenvalue weighted by molar-refractivity contribution is 7.98. The zero-order valence-corrected chi connectivity index (χ0v) is 11.3. The number of nitrogens with zero attached hydrogens (tertiary/aromatic N) is 1. The van der Waals surface area contributed by atoms with Crippen LogP contribution < -0.4 is 5.32 Å². The first-order valence-electron chi connectivity index (χ1n) is 5.87. The number of rotatable bonds is 2. The highest BCUT2D eigenvalue weighted by Crippen LogP contribution is 2.22. The third-order valence-electron chi connectivity index (χ3n) is 3.10. The second-order valence-corrected chi connectivity index (χ2v) is 5.01. The molecule has 1 N–H and O–H groups in total. The van der Waals surface area contributed by atoms with Crippen molar-refractivity contribution in [3.63, 3.8) is 0 Å². The molecule has 1 aliphatic heterocycles. The van der Waals surface area contributed by atoms with Gasteiger partial charge in [0.05, 0.1) is 5.56 Å². The van der Waals surface area contributed by atoms with Gasteiger partial charge in [-0.05, 0) is 25.3 Å². The van der Waals surface area contributed by atoms with E-state index in [0.717, 1.165) is 4.90 Å². The molecular formula is C13H16N2O2S. The third kappa shape index (κ3) is 2.36. The van der Waals surface area contributed by atoms with Crippen LogP contribution in [0.25, 0.3) is 0 Å². The van der Waals surface area contributed by atoms with Crippen molar-refractivity contribution in [3.05, 3.63) is 29.8 Å². The number of carbonyl (C=O) groups is 2. The van der Waals surface area contributed by atoms with Crippen molar-refractivity contribution in [1.82, 2.24) is 10.2 Å². The van der Waals surface area contributed by atoms with Gasteiger partial charge < -0.3 is 10.2 Å². The van der Waals surface area contributed by atoms with Gasteiger partial charge in [0, 0.05) is 18.0 Å². The fourth-order valence-corrected chi connectivity index (χ4v) is 2.63. The second-order valence-electron chi connectivity index (χ2n) is 4.17. The number of nitrogens with one attached hydrogen (secondary N) is 1. The molecule has 1 saturated heterocycles. The van der Waals surface area contributed by atoms with Crippen LogP contribution in [0.5, 0.6) is 0 Å². The quantitative estimate of drug-likeness (QED) is 0.821. The topological polar surface area (TPSA) is 49.4 Å². The molecule has 0 aliphatic carbocycles. The van der Waals surface area contributed by atoms with Gasteiger partial charge in [-0.15, -0.1) is 11.8 Å². The molecule has 4 nitrogen and oxygen atoms in total. The lowest BCUT2D eigenvalue weighted by atomic mass is 10.1. The van der Waals surface area contributed by atoms with Crippen LogP contribution >= 0.6 is 11.8 Å². The molecule has 1 fully saturated rings. The molecule has 18 heavy (non-hydrogen) atoms. The average molecular weight is 264 g/mol. The van der Waals surface area contributed by atoms with E-state index in [2.05, 4.69) is 5.32 Å². The van der Waals surface area contributed by atoms with E-state index in [0.29, 0.717) is 18.7 Å². The smallest absolute Gasteiger partial charge is 0.255 e. The van der Waals surface area contributed by atoms with Crippen molar-refractivity contribution in [2.24, 2.45) is 0 Å². The Bertz CT molecular complexity index is 476. The Morgan fingerprint density at radius 2 is 2.17 bits per heavy atom. The number of benzene rings is 1.